The van der Waals surface area contributed by atoms with E-state index in [0.29, 0.717) is 23.5 Å². The van der Waals surface area contributed by atoms with Crippen molar-refractivity contribution in [2.75, 3.05) is 0 Å². The van der Waals surface area contributed by atoms with Gasteiger partial charge >= 0.3 is 0 Å². The number of hydrogen-bond acceptors (Lipinski definition) is 2. The average Bonchev–Trinajstić information content (AvgIpc) is 2.59. The molecule has 4 fully saturated rings. The molecular weight excluding hydrogens is 252 g/mol. The molecule has 0 radical (unpaired) electrons. The van der Waals surface area contributed by atoms with Crippen molar-refractivity contribution in [2.45, 2.75) is 52.7 Å². The molecule has 0 aromatic carbocycles. The van der Waals surface area contributed by atoms with E-state index in [1.165, 1.54) is 12.8 Å². The summed E-state index contributed by atoms with van der Waals surface area (Å²) in [5.74, 6) is 1.57. The Labute approximate surface area is 113 Å². The van der Waals surface area contributed by atoms with Crippen LogP contribution in [0.5, 0.6) is 0 Å². The molecule has 4 unspecified atom stereocenters. The van der Waals surface area contributed by atoms with E-state index in [1.54, 1.807) is 0 Å². The molecule has 4 rings (SSSR count). The second kappa shape index (κ2) is 5.08. The maximum atomic E-state index is 5.72. The van der Waals surface area contributed by atoms with Gasteiger partial charge in [-0.15, -0.1) is 0 Å². The molecule has 0 aromatic rings. The summed E-state index contributed by atoms with van der Waals surface area (Å²) in [7, 11) is -0.217. The molecule has 3 aliphatic carbocycles. The van der Waals surface area contributed by atoms with Gasteiger partial charge in [-0.1, -0.05) is 27.7 Å². The van der Waals surface area contributed by atoms with Gasteiger partial charge in [0.25, 0.3) is 7.12 Å². The zero-order chi connectivity index (χ0) is 11.2. The van der Waals surface area contributed by atoms with Crippen LogP contribution in [0.15, 0.2) is 0 Å². The smallest absolute Gasteiger partial charge is 0.273 e. The first-order chi connectivity index (χ1) is 7.09. The zero-order valence-corrected chi connectivity index (χ0v) is 14.0. The van der Waals surface area contributed by atoms with Crippen LogP contribution in [-0.4, -0.2) is 19.3 Å². The molecule has 16 heavy (non-hydrogen) atoms. The van der Waals surface area contributed by atoms with E-state index in [4.69, 9.17) is 9.31 Å². The van der Waals surface area contributed by atoms with Crippen LogP contribution >= 0.6 is 0 Å². The Bertz CT molecular complexity index is 247. The Balaban J connectivity index is 0.000000406. The monoisotopic (exact) mass is 273 g/mol. The summed E-state index contributed by atoms with van der Waals surface area (Å²) in [5, 5.41) is 0. The first-order valence-electron chi connectivity index (χ1n) is 6.23. The third kappa shape index (κ3) is 2.02. The maximum Gasteiger partial charge on any atom is 0.273 e. The summed E-state index contributed by atoms with van der Waals surface area (Å²) in [6.07, 6.45) is 3.20. The van der Waals surface area contributed by atoms with Crippen LogP contribution < -0.4 is 0 Å². The van der Waals surface area contributed by atoms with E-state index in [2.05, 4.69) is 20.7 Å². The Morgan fingerprint density at radius 1 is 1.19 bits per heavy atom. The van der Waals surface area contributed by atoms with E-state index in [0.717, 1.165) is 5.92 Å². The van der Waals surface area contributed by atoms with E-state index in [1.807, 2.05) is 13.8 Å². The third-order valence-corrected chi connectivity index (χ3v) is 4.46. The molecule has 4 aliphatic rings. The summed E-state index contributed by atoms with van der Waals surface area (Å²) < 4.78 is 11.3. The van der Waals surface area contributed by atoms with E-state index in [-0.39, 0.29) is 26.6 Å². The van der Waals surface area contributed by atoms with Crippen molar-refractivity contribution in [3.05, 3.63) is 6.82 Å². The fourth-order valence-corrected chi connectivity index (χ4v) is 3.41. The van der Waals surface area contributed by atoms with Gasteiger partial charge in [0.2, 0.25) is 0 Å². The fourth-order valence-electron chi connectivity index (χ4n) is 3.41. The molecule has 2 bridgehead atoms. The summed E-state index contributed by atoms with van der Waals surface area (Å²) >= 11 is 0. The maximum absolute atomic E-state index is 5.72. The fraction of sp³-hybridized carbons (Fsp3) is 0.917. The van der Waals surface area contributed by atoms with Crippen molar-refractivity contribution in [1.29, 1.82) is 0 Å². The van der Waals surface area contributed by atoms with Crippen LogP contribution in [0.1, 0.15) is 40.5 Å². The number of rotatable bonds is 0. The second-order valence-electron chi connectivity index (χ2n) is 5.30. The molecule has 3 saturated carbocycles. The van der Waals surface area contributed by atoms with Gasteiger partial charge in [0.05, 0.1) is 12.2 Å². The van der Waals surface area contributed by atoms with Crippen LogP contribution in [-0.2, 0) is 28.8 Å². The van der Waals surface area contributed by atoms with Crippen molar-refractivity contribution in [3.8, 4) is 0 Å². The predicted octanol–water partition coefficient (Wildman–Crippen LogP) is 2.72. The quantitative estimate of drug-likeness (QED) is 0.499. The van der Waals surface area contributed by atoms with Gasteiger partial charge in [-0.2, -0.15) is 0 Å². The SMILES string of the molecule is CC.[CH2-]B1OC2CC3CC(C2O1)C3(C)C.[Zn]. The van der Waals surface area contributed by atoms with Crippen LogP contribution in [0.25, 0.3) is 0 Å². The average molecular weight is 275 g/mol. The molecule has 0 amide bonds. The van der Waals surface area contributed by atoms with Crippen LogP contribution in [0.4, 0.5) is 0 Å². The van der Waals surface area contributed by atoms with Crippen LogP contribution in [0.2, 0.25) is 0 Å². The molecule has 1 saturated heterocycles. The van der Waals surface area contributed by atoms with Gasteiger partial charge in [-0.3, -0.25) is 0 Å². The molecule has 1 heterocycles. The molecule has 2 nitrogen and oxygen atoms in total. The van der Waals surface area contributed by atoms with E-state index in [9.17, 15) is 0 Å². The predicted molar refractivity (Wildman–Crippen MR) is 62.2 cm³/mol. The van der Waals surface area contributed by atoms with Crippen molar-refractivity contribution < 1.29 is 28.8 Å². The Morgan fingerprint density at radius 3 is 2.38 bits per heavy atom. The van der Waals surface area contributed by atoms with E-state index < -0.39 is 0 Å². The minimum Gasteiger partial charge on any atom is -0.432 e. The Morgan fingerprint density at radius 2 is 1.81 bits per heavy atom. The first kappa shape index (κ1) is 14.7. The third-order valence-electron chi connectivity index (χ3n) is 4.46. The molecule has 4 atom stereocenters. The van der Waals surface area contributed by atoms with Crippen LogP contribution in [0.3, 0.4) is 0 Å². The minimum absolute atomic E-state index is 0. The summed E-state index contributed by atoms with van der Waals surface area (Å²) in [6, 6.07) is 0. The zero-order valence-electron chi connectivity index (χ0n) is 11.0. The van der Waals surface area contributed by atoms with E-state index >= 15 is 0 Å². The Hall–Kier alpha value is 0.608. The standard InChI is InChI=1S/C10H16BO2.C2H6.Zn/c1-10(2)6-4-7(10)9-8(5-6)12-11(3)13-9;1-2;/h6-9H,3-5H2,1-2H3;1-2H3;/q-1;;. The Kier molecular flexibility index (Phi) is 4.66. The molecular formula is C12H22BO2Zn-. The topological polar surface area (TPSA) is 18.5 Å². The molecule has 0 N–H and O–H groups in total. The molecule has 0 spiro atoms. The summed E-state index contributed by atoms with van der Waals surface area (Å²) in [4.78, 5) is 0. The summed E-state index contributed by atoms with van der Waals surface area (Å²) in [5.41, 5.74) is 0.481. The minimum atomic E-state index is -0.217. The number of hydrogen-bond donors (Lipinski definition) is 0. The first-order valence-corrected chi connectivity index (χ1v) is 6.23. The largest absolute Gasteiger partial charge is 0.432 e. The van der Waals surface area contributed by atoms with Gasteiger partial charge in [0.15, 0.2) is 0 Å². The van der Waals surface area contributed by atoms with Crippen molar-refractivity contribution in [2.24, 2.45) is 17.3 Å². The van der Waals surface area contributed by atoms with Gasteiger partial charge in [-0.05, 0) is 30.1 Å². The normalized spacial score (nSPS) is 42.2. The molecule has 1 aliphatic heterocycles. The van der Waals surface area contributed by atoms with Gasteiger partial charge in [0.1, 0.15) is 0 Å². The van der Waals surface area contributed by atoms with Crippen molar-refractivity contribution in [3.63, 3.8) is 0 Å². The summed E-state index contributed by atoms with van der Waals surface area (Å²) in [6.45, 7) is 12.5. The van der Waals surface area contributed by atoms with Crippen molar-refractivity contribution >= 4 is 7.12 Å². The van der Waals surface area contributed by atoms with Crippen molar-refractivity contribution in [1.82, 2.24) is 0 Å². The second-order valence-corrected chi connectivity index (χ2v) is 5.30. The van der Waals surface area contributed by atoms with Crippen LogP contribution in [0, 0.1) is 24.1 Å². The molecule has 88 valence electrons. The van der Waals surface area contributed by atoms with Gasteiger partial charge in [-0.25, -0.2) is 0 Å². The van der Waals surface area contributed by atoms with Gasteiger partial charge in [0, 0.05) is 19.5 Å². The van der Waals surface area contributed by atoms with Gasteiger partial charge < -0.3 is 16.1 Å². The molecule has 4 heteroatoms. The molecule has 0 aromatic heterocycles.